The second-order valence-corrected chi connectivity index (χ2v) is 13.1. The Balaban J connectivity index is 0. The predicted molar refractivity (Wildman–Crippen MR) is 204 cm³/mol. The SMILES string of the molecule is CCCCCCCC/C=C\CCCCCCCC(=O)O.CCCCCCCC/C=C\CCCCCCCC(=O)ON1C(=O)CCC1=O.[2H]C#C. The van der Waals surface area contributed by atoms with Crippen molar-refractivity contribution in [3.63, 3.8) is 0 Å². The molecule has 49 heavy (non-hydrogen) atoms. The first kappa shape index (κ1) is 46.1. The Morgan fingerprint density at radius 2 is 0.918 bits per heavy atom. The average Bonchev–Trinajstić information content (AvgIpc) is 3.41. The number of carbonyl (C=O) groups excluding carboxylic acids is 3. The lowest BCUT2D eigenvalue weighted by molar-refractivity contribution is -0.197. The molecule has 7 heteroatoms. The zero-order chi connectivity index (χ0) is 37.3. The second-order valence-electron chi connectivity index (χ2n) is 13.1. The molecular weight excluding hydrogens is 614 g/mol. The molecule has 1 fully saturated rings. The molecule has 7 nitrogen and oxygen atoms in total. The number of imide groups is 1. The number of unbranched alkanes of at least 4 members (excludes halogenated alkanes) is 22. The van der Waals surface area contributed by atoms with E-state index >= 15 is 0 Å². The lowest BCUT2D eigenvalue weighted by atomic mass is 10.1. The van der Waals surface area contributed by atoms with Gasteiger partial charge in [-0.25, -0.2) is 4.79 Å². The van der Waals surface area contributed by atoms with Crippen LogP contribution in [0.5, 0.6) is 0 Å². The van der Waals surface area contributed by atoms with Crippen LogP contribution in [0.4, 0.5) is 0 Å². The Bertz CT molecular complexity index is 910. The Kier molecular flexibility index (Phi) is 37.2. The van der Waals surface area contributed by atoms with E-state index in [1.807, 2.05) is 0 Å². The molecule has 1 N–H and O–H groups in total. The number of carboxylic acids is 1. The summed E-state index contributed by atoms with van der Waals surface area (Å²) in [7, 11) is 0. The van der Waals surface area contributed by atoms with Crippen LogP contribution >= 0.6 is 0 Å². The van der Waals surface area contributed by atoms with Crippen LogP contribution in [0.2, 0.25) is 0 Å². The highest BCUT2D eigenvalue weighted by Gasteiger charge is 2.32. The minimum Gasteiger partial charge on any atom is -0.481 e. The van der Waals surface area contributed by atoms with Gasteiger partial charge in [-0.2, -0.15) is 0 Å². The second kappa shape index (κ2) is 39.6. The first-order valence-corrected chi connectivity index (χ1v) is 19.8. The highest BCUT2D eigenvalue weighted by molar-refractivity contribution is 6.01. The molecule has 0 atom stereocenters. The van der Waals surface area contributed by atoms with Crippen LogP contribution in [-0.2, 0) is 24.0 Å². The van der Waals surface area contributed by atoms with Crippen LogP contribution in [0, 0.1) is 12.8 Å². The Morgan fingerprint density at radius 3 is 1.27 bits per heavy atom. The molecule has 0 aromatic heterocycles. The van der Waals surface area contributed by atoms with E-state index in [-0.39, 0.29) is 19.3 Å². The zero-order valence-electron chi connectivity index (χ0n) is 32.5. The number of carbonyl (C=O) groups is 4. The fraction of sp³-hybridized carbons (Fsp3) is 0.762. The summed E-state index contributed by atoms with van der Waals surface area (Å²) in [6, 6.07) is 0. The average molecular weight is 689 g/mol. The van der Waals surface area contributed by atoms with Gasteiger partial charge in [-0.15, -0.1) is 17.9 Å². The van der Waals surface area contributed by atoms with Gasteiger partial charge < -0.3 is 9.94 Å². The summed E-state index contributed by atoms with van der Waals surface area (Å²) in [4.78, 5) is 49.5. The van der Waals surface area contributed by atoms with Crippen molar-refractivity contribution in [3.8, 4) is 12.8 Å². The molecule has 282 valence electrons. The van der Waals surface area contributed by atoms with Crippen molar-refractivity contribution in [1.29, 1.82) is 0 Å². The zero-order valence-corrected chi connectivity index (χ0v) is 31.5. The number of rotatable bonds is 31. The van der Waals surface area contributed by atoms with Crippen LogP contribution in [0.3, 0.4) is 0 Å². The molecule has 0 aromatic rings. The van der Waals surface area contributed by atoms with E-state index in [9.17, 15) is 19.2 Å². The van der Waals surface area contributed by atoms with Crippen LogP contribution in [0.25, 0.3) is 0 Å². The summed E-state index contributed by atoms with van der Waals surface area (Å²) in [6.07, 6.45) is 47.8. The summed E-state index contributed by atoms with van der Waals surface area (Å²) in [5.41, 5.74) is 0. The summed E-state index contributed by atoms with van der Waals surface area (Å²) in [5.74, 6) is -1.99. The molecule has 1 aliphatic rings. The topological polar surface area (TPSA) is 101 Å². The highest BCUT2D eigenvalue weighted by Crippen LogP contribution is 2.15. The largest absolute Gasteiger partial charge is 0.481 e. The van der Waals surface area contributed by atoms with Gasteiger partial charge in [0.05, 0.1) is 0 Å². The molecular formula is C42H73NO6. The Hall–Kier alpha value is -2.88. The Labute approximate surface area is 302 Å². The number of allylic oxidation sites excluding steroid dienone is 4. The van der Waals surface area contributed by atoms with Crippen molar-refractivity contribution < 1.29 is 30.5 Å². The van der Waals surface area contributed by atoms with Gasteiger partial charge in [0.2, 0.25) is 0 Å². The number of aliphatic carboxylic acids is 1. The van der Waals surface area contributed by atoms with Gasteiger partial charge in [0.15, 0.2) is 0 Å². The number of hydroxylamine groups is 2. The van der Waals surface area contributed by atoms with E-state index < -0.39 is 23.8 Å². The molecule has 0 spiro atoms. The van der Waals surface area contributed by atoms with Crippen molar-refractivity contribution in [1.82, 2.24) is 5.06 Å². The summed E-state index contributed by atoms with van der Waals surface area (Å²) in [6.45, 7) is 4.51. The van der Waals surface area contributed by atoms with E-state index in [0.717, 1.165) is 38.5 Å². The number of terminal acetylenes is 1. The summed E-state index contributed by atoms with van der Waals surface area (Å²) < 4.78 is 5.74. The standard InChI is InChI=1S/C22H37NO4.C18H34O2.C2H2/c1-2-3-4-5-6-7-8-9-10-11-12-13-14-15-16-17-22(26)27-23-20(24)18-19-21(23)25;1-2-3-4-5-6-7-8-9-10-11-12-13-14-15-16-17-18(19)20;1-2/h9-10H,2-8,11-19H2,1H3;9-10H,2-8,11-17H2,1H3,(H,19,20);1-2H/b2*10-9-;/i;;1D. The van der Waals surface area contributed by atoms with E-state index in [2.05, 4.69) is 44.6 Å². The quantitative estimate of drug-likeness (QED) is 0.0337. The lowest BCUT2D eigenvalue weighted by Crippen LogP contribution is -2.31. The third-order valence-corrected chi connectivity index (χ3v) is 8.49. The number of nitrogens with zero attached hydrogens (tertiary/aromatic N) is 1. The molecule has 0 aliphatic carbocycles. The minimum absolute atomic E-state index is 0.138. The smallest absolute Gasteiger partial charge is 0.333 e. The van der Waals surface area contributed by atoms with E-state index in [4.69, 9.17) is 11.3 Å². The number of hydrogen-bond acceptors (Lipinski definition) is 5. The van der Waals surface area contributed by atoms with Crippen LogP contribution in [0.15, 0.2) is 24.3 Å². The fourth-order valence-electron chi connectivity index (χ4n) is 5.49. The molecule has 1 aliphatic heterocycles. The number of carboxylic acid groups (broad SMARTS) is 1. The molecule has 0 saturated carbocycles. The van der Waals surface area contributed by atoms with E-state index in [1.54, 1.807) is 0 Å². The van der Waals surface area contributed by atoms with Crippen molar-refractivity contribution in [2.75, 3.05) is 0 Å². The Morgan fingerprint density at radius 1 is 0.612 bits per heavy atom. The molecule has 1 rings (SSSR count). The highest BCUT2D eigenvalue weighted by atomic mass is 16.7. The monoisotopic (exact) mass is 689 g/mol. The van der Waals surface area contributed by atoms with Crippen LogP contribution in [0.1, 0.15) is 208 Å². The minimum atomic E-state index is -0.664. The first-order valence-electron chi connectivity index (χ1n) is 20.3. The fourth-order valence-corrected chi connectivity index (χ4v) is 5.49. The number of hydrogen-bond donors (Lipinski definition) is 1. The predicted octanol–water partition coefficient (Wildman–Crippen LogP) is 12.0. The van der Waals surface area contributed by atoms with E-state index in [1.165, 1.54) is 135 Å². The van der Waals surface area contributed by atoms with Crippen LogP contribution < -0.4 is 0 Å². The maximum absolute atomic E-state index is 11.6. The molecule has 0 unspecified atom stereocenters. The molecule has 0 aromatic carbocycles. The maximum Gasteiger partial charge on any atom is 0.333 e. The van der Waals surface area contributed by atoms with Crippen molar-refractivity contribution in [2.45, 2.75) is 206 Å². The van der Waals surface area contributed by atoms with Crippen molar-refractivity contribution in [3.05, 3.63) is 24.3 Å². The van der Waals surface area contributed by atoms with Gasteiger partial charge in [-0.3, -0.25) is 14.4 Å². The molecule has 1 saturated heterocycles. The third kappa shape index (κ3) is 36.2. The summed E-state index contributed by atoms with van der Waals surface area (Å²) >= 11 is 0. The molecule has 0 radical (unpaired) electrons. The van der Waals surface area contributed by atoms with E-state index in [0.29, 0.717) is 11.5 Å². The number of amides is 2. The summed E-state index contributed by atoms with van der Waals surface area (Å²) in [5, 5.41) is 9.13. The molecule has 2 amide bonds. The molecule has 1 heterocycles. The van der Waals surface area contributed by atoms with Crippen molar-refractivity contribution in [2.24, 2.45) is 0 Å². The van der Waals surface area contributed by atoms with Gasteiger partial charge in [-0.1, -0.05) is 141 Å². The van der Waals surface area contributed by atoms with Crippen LogP contribution in [-0.4, -0.2) is 33.9 Å². The van der Waals surface area contributed by atoms with Gasteiger partial charge in [0, 0.05) is 25.7 Å². The first-order chi connectivity index (χ1) is 24.3. The third-order valence-electron chi connectivity index (χ3n) is 8.49. The van der Waals surface area contributed by atoms with Gasteiger partial charge in [0.25, 0.3) is 11.8 Å². The normalized spacial score (nSPS) is 12.8. The lowest BCUT2D eigenvalue weighted by Gasteiger charge is -2.12. The van der Waals surface area contributed by atoms with Gasteiger partial charge >= 0.3 is 11.9 Å². The molecule has 0 bridgehead atoms. The maximum atomic E-state index is 11.6. The van der Waals surface area contributed by atoms with Crippen molar-refractivity contribution >= 4 is 23.8 Å². The van der Waals surface area contributed by atoms with Gasteiger partial charge in [-0.05, 0) is 64.2 Å². The van der Waals surface area contributed by atoms with Gasteiger partial charge in [0.1, 0.15) is 1.37 Å².